The van der Waals surface area contributed by atoms with Gasteiger partial charge in [-0.15, -0.1) is 20.4 Å². The van der Waals surface area contributed by atoms with Gasteiger partial charge in [0.2, 0.25) is 16.2 Å². The molecule has 6 aromatic rings. The number of anilines is 2. The topological polar surface area (TPSA) is 111 Å². The van der Waals surface area contributed by atoms with Crippen LogP contribution in [0, 0.1) is 27.7 Å². The van der Waals surface area contributed by atoms with Gasteiger partial charge in [-0.25, -0.2) is 0 Å². The highest BCUT2D eigenvalue weighted by Crippen LogP contribution is 2.37. The third-order valence-electron chi connectivity index (χ3n) is 9.79. The molecule has 0 unspecified atom stereocenters. The van der Waals surface area contributed by atoms with Crippen molar-refractivity contribution in [3.63, 3.8) is 0 Å². The number of hydrogen-bond donors (Lipinski definition) is 0. The second-order valence-electron chi connectivity index (χ2n) is 14.5. The molecule has 0 aliphatic carbocycles. The van der Waals surface area contributed by atoms with E-state index in [-0.39, 0.29) is 17.6 Å². The fraction of sp³-hybridized carbons (Fsp3) is 0.348. The lowest BCUT2D eigenvalue weighted by Crippen LogP contribution is -2.33. The molecule has 0 aliphatic heterocycles. The van der Waals surface area contributed by atoms with Crippen LogP contribution >= 0.6 is 22.7 Å². The maximum Gasteiger partial charge on any atom is 0.417 e. The first-order valence-corrected chi connectivity index (χ1v) is 21.6. The first-order chi connectivity index (χ1) is 29.2. The van der Waals surface area contributed by atoms with Gasteiger partial charge in [-0.2, -0.15) is 13.2 Å². The zero-order valence-corrected chi connectivity index (χ0v) is 37.4. The average molecular weight is 873 g/mol. The minimum absolute atomic E-state index is 0.0504. The van der Waals surface area contributed by atoms with Gasteiger partial charge in [-0.1, -0.05) is 91.8 Å². The second kappa shape index (κ2) is 21.2. The number of unbranched alkanes of at least 4 members (excludes halogenated alkanes) is 2. The maximum absolute atomic E-state index is 13.5. The van der Waals surface area contributed by atoms with Gasteiger partial charge in [0.05, 0.1) is 31.8 Å². The third-order valence-corrected chi connectivity index (χ3v) is 11.8. The van der Waals surface area contributed by atoms with Crippen molar-refractivity contribution in [1.29, 1.82) is 0 Å². The molecule has 322 valence electrons. The van der Waals surface area contributed by atoms with Gasteiger partial charge in [0.25, 0.3) is 5.91 Å². The number of amides is 2. The summed E-state index contributed by atoms with van der Waals surface area (Å²) in [5, 5.41) is 19.4. The van der Waals surface area contributed by atoms with Crippen LogP contribution in [0.1, 0.15) is 83.3 Å². The molecule has 0 fully saturated rings. The number of rotatable bonds is 15. The molecular formula is C46H51F3N6O4S2. The van der Waals surface area contributed by atoms with Crippen LogP contribution in [-0.4, -0.2) is 59.5 Å². The summed E-state index contributed by atoms with van der Waals surface area (Å²) in [5.74, 6) is 0.980. The number of benzene rings is 4. The summed E-state index contributed by atoms with van der Waals surface area (Å²) < 4.78 is 51.3. The highest BCUT2D eigenvalue weighted by atomic mass is 32.1. The van der Waals surface area contributed by atoms with Crippen molar-refractivity contribution in [3.05, 3.63) is 118 Å². The summed E-state index contributed by atoms with van der Waals surface area (Å²) in [4.78, 5) is 29.3. The van der Waals surface area contributed by atoms with E-state index in [0.29, 0.717) is 29.5 Å². The Hall–Kier alpha value is -5.67. The Morgan fingerprint density at radius 3 is 1.54 bits per heavy atom. The highest BCUT2D eigenvalue weighted by molar-refractivity contribution is 7.19. The Bertz CT molecular complexity index is 2370. The van der Waals surface area contributed by atoms with Crippen LogP contribution in [0.25, 0.3) is 21.1 Å². The maximum atomic E-state index is 13.5. The number of methoxy groups -OCH3 is 2. The molecule has 2 heterocycles. The first-order valence-electron chi connectivity index (χ1n) is 20.0. The van der Waals surface area contributed by atoms with E-state index in [1.807, 2.05) is 77.1 Å². The number of carbonyl (C=O) groups is 2. The molecule has 0 aliphatic rings. The van der Waals surface area contributed by atoms with Crippen LogP contribution in [0.3, 0.4) is 0 Å². The number of alkyl halides is 3. The van der Waals surface area contributed by atoms with Crippen LogP contribution in [0.4, 0.5) is 23.4 Å². The zero-order valence-electron chi connectivity index (χ0n) is 35.7. The Kier molecular flexibility index (Phi) is 16.1. The molecule has 2 aromatic heterocycles. The van der Waals surface area contributed by atoms with Gasteiger partial charge in [0.15, 0.2) is 0 Å². The lowest BCUT2D eigenvalue weighted by molar-refractivity contribution is -0.137. The van der Waals surface area contributed by atoms with E-state index in [1.54, 1.807) is 19.1 Å². The molecule has 0 saturated carbocycles. The van der Waals surface area contributed by atoms with E-state index in [1.165, 1.54) is 45.8 Å². The van der Waals surface area contributed by atoms with Crippen molar-refractivity contribution >= 4 is 44.8 Å². The summed E-state index contributed by atoms with van der Waals surface area (Å²) >= 11 is 2.63. The van der Waals surface area contributed by atoms with E-state index < -0.39 is 23.2 Å². The molecule has 2 amide bonds. The molecule has 15 heteroatoms. The van der Waals surface area contributed by atoms with Gasteiger partial charge >= 0.3 is 6.18 Å². The standard InChI is InChI=1S/C23H24F3N3O2S.C23H27N3O2S/c1-5-6-11-29(21(30)17-9-7-8-10-18(17)23(24,25)26)22-28-27-20(32-22)16-12-14(2)19(31-4)15(3)13-16;1-5-6-12-26(20(27)15-18-10-8-7-9-11-18)23-25-24-22(29-23)19-13-16(2)21(28-4)17(3)14-19/h7-10,12-13H,5-6,11H2,1-4H3;7-11,13-14H,5-6,12,15H2,1-4H3. The number of aryl methyl sites for hydroxylation is 4. The normalized spacial score (nSPS) is 11.1. The second-order valence-corrected chi connectivity index (χ2v) is 16.4. The average Bonchev–Trinajstić information content (AvgIpc) is 3.93. The van der Waals surface area contributed by atoms with Crippen LogP contribution in [0.2, 0.25) is 0 Å². The molecule has 6 rings (SSSR count). The molecule has 0 saturated heterocycles. The van der Waals surface area contributed by atoms with Crippen molar-refractivity contribution in [1.82, 2.24) is 20.4 Å². The Morgan fingerprint density at radius 1 is 0.639 bits per heavy atom. The molecule has 0 bridgehead atoms. The van der Waals surface area contributed by atoms with E-state index in [4.69, 9.17) is 9.47 Å². The van der Waals surface area contributed by atoms with E-state index in [0.717, 1.165) is 80.8 Å². The van der Waals surface area contributed by atoms with E-state index in [9.17, 15) is 22.8 Å². The Balaban J connectivity index is 0.000000232. The molecule has 0 N–H and O–H groups in total. The van der Waals surface area contributed by atoms with Crippen molar-refractivity contribution in [3.8, 4) is 32.6 Å². The van der Waals surface area contributed by atoms with Crippen molar-refractivity contribution in [2.24, 2.45) is 0 Å². The number of halogens is 3. The van der Waals surface area contributed by atoms with Crippen LogP contribution in [-0.2, 0) is 17.4 Å². The van der Waals surface area contributed by atoms with E-state index >= 15 is 0 Å². The van der Waals surface area contributed by atoms with Gasteiger partial charge < -0.3 is 9.47 Å². The van der Waals surface area contributed by atoms with Crippen LogP contribution in [0.15, 0.2) is 78.9 Å². The highest BCUT2D eigenvalue weighted by Gasteiger charge is 2.36. The number of aromatic nitrogens is 4. The summed E-state index contributed by atoms with van der Waals surface area (Å²) in [6.07, 6.45) is -0.940. The molecule has 10 nitrogen and oxygen atoms in total. The van der Waals surface area contributed by atoms with Gasteiger partial charge in [-0.05, 0) is 105 Å². The number of carbonyl (C=O) groups excluding carboxylic acids is 2. The molecule has 0 atom stereocenters. The smallest absolute Gasteiger partial charge is 0.417 e. The summed E-state index contributed by atoms with van der Waals surface area (Å²) in [7, 11) is 3.29. The summed E-state index contributed by atoms with van der Waals surface area (Å²) in [5.41, 5.74) is 5.42. The van der Waals surface area contributed by atoms with Gasteiger partial charge in [0, 0.05) is 24.2 Å². The summed E-state index contributed by atoms with van der Waals surface area (Å²) in [6.45, 7) is 12.8. The van der Waals surface area contributed by atoms with E-state index in [2.05, 4.69) is 39.5 Å². The third kappa shape index (κ3) is 11.6. The van der Waals surface area contributed by atoms with Crippen LogP contribution < -0.4 is 19.3 Å². The largest absolute Gasteiger partial charge is 0.496 e. The van der Waals surface area contributed by atoms with Crippen molar-refractivity contribution in [2.75, 3.05) is 37.1 Å². The SMILES string of the molecule is CCCCN(C(=O)Cc1ccccc1)c1nnc(-c2cc(C)c(OC)c(C)c2)s1.CCCCN(C(=O)c1ccccc1C(F)(F)F)c1nnc(-c2cc(C)c(OC)c(C)c2)s1. The fourth-order valence-electron chi connectivity index (χ4n) is 6.85. The lowest BCUT2D eigenvalue weighted by Gasteiger charge is -2.21. The number of hydrogen-bond acceptors (Lipinski definition) is 10. The molecule has 61 heavy (non-hydrogen) atoms. The van der Waals surface area contributed by atoms with Crippen LogP contribution in [0.5, 0.6) is 11.5 Å². The molecular weight excluding hydrogens is 822 g/mol. The van der Waals surface area contributed by atoms with Gasteiger partial charge in [-0.3, -0.25) is 19.4 Å². The molecule has 0 radical (unpaired) electrons. The number of ether oxygens (including phenoxy) is 2. The number of nitrogens with zero attached hydrogens (tertiary/aromatic N) is 6. The molecule has 4 aromatic carbocycles. The zero-order chi connectivity index (χ0) is 44.3. The van der Waals surface area contributed by atoms with Crippen molar-refractivity contribution in [2.45, 2.75) is 79.8 Å². The fourth-order valence-corrected chi connectivity index (χ4v) is 8.58. The quantitative estimate of drug-likeness (QED) is 0.100. The minimum Gasteiger partial charge on any atom is -0.496 e. The predicted octanol–water partition coefficient (Wildman–Crippen LogP) is 11.5. The predicted molar refractivity (Wildman–Crippen MR) is 238 cm³/mol. The first kappa shape index (κ1) is 46.4. The Morgan fingerprint density at radius 2 is 1.08 bits per heavy atom. The minimum atomic E-state index is -4.63. The molecule has 0 spiro atoms. The van der Waals surface area contributed by atoms with Gasteiger partial charge in [0.1, 0.15) is 21.5 Å². The summed E-state index contributed by atoms with van der Waals surface area (Å²) in [6, 6.07) is 22.6. The van der Waals surface area contributed by atoms with Crippen molar-refractivity contribution < 1.29 is 32.2 Å². The Labute approximate surface area is 363 Å². The monoisotopic (exact) mass is 872 g/mol. The lowest BCUT2D eigenvalue weighted by atomic mass is 10.1.